The maximum atomic E-state index is 5.13. The summed E-state index contributed by atoms with van der Waals surface area (Å²) in [5, 5.41) is 0. The molecule has 0 aliphatic rings. The molecule has 0 radical (unpaired) electrons. The van der Waals surface area contributed by atoms with Gasteiger partial charge in [-0.25, -0.2) is 4.98 Å². The van der Waals surface area contributed by atoms with Crippen LogP contribution in [-0.4, -0.2) is 57.9 Å². The van der Waals surface area contributed by atoms with Crippen LogP contribution in [0.15, 0.2) is 92.0 Å². The van der Waals surface area contributed by atoms with Crippen LogP contribution in [-0.2, 0) is 26.8 Å². The molecule has 0 amide bonds. The van der Waals surface area contributed by atoms with Crippen molar-refractivity contribution < 1.29 is 51.1 Å². The van der Waals surface area contributed by atoms with Gasteiger partial charge in [0.2, 0.25) is 0 Å². The van der Waals surface area contributed by atoms with Crippen LogP contribution in [0.3, 0.4) is 0 Å². The number of pyridine rings is 4. The van der Waals surface area contributed by atoms with E-state index in [1.165, 1.54) is 0 Å². The molecule has 5 heterocycles. The van der Waals surface area contributed by atoms with Crippen LogP contribution in [0.5, 0.6) is 23.0 Å². The third kappa shape index (κ3) is 10.6. The van der Waals surface area contributed by atoms with E-state index < -0.39 is 0 Å². The summed E-state index contributed by atoms with van der Waals surface area (Å²) >= 11 is 0. The molecule has 0 fully saturated rings. The number of methoxy groups -OCH3 is 4. The summed E-state index contributed by atoms with van der Waals surface area (Å²) in [7, 11) is 8.43. The molecular weight excluding hydrogens is 710 g/mol. The third-order valence-corrected chi connectivity index (χ3v) is 5.03. The van der Waals surface area contributed by atoms with E-state index >= 15 is 0 Å². The Hall–Kier alpha value is -4.06. The van der Waals surface area contributed by atoms with Crippen molar-refractivity contribution in [3.05, 3.63) is 92.0 Å². The Balaban J connectivity index is 0.000000319. The molecule has 0 spiro atoms. The summed E-state index contributed by atoms with van der Waals surface area (Å²) < 4.78 is 22.4. The summed E-state index contributed by atoms with van der Waals surface area (Å²) in [6.45, 7) is 0. The van der Waals surface area contributed by atoms with E-state index in [2.05, 4.69) is 24.9 Å². The molecule has 5 aromatic heterocycles. The van der Waals surface area contributed by atoms with Crippen LogP contribution in [0.2, 0.25) is 0 Å². The first-order valence-corrected chi connectivity index (χ1v) is 11.5. The Morgan fingerprint density at radius 1 is 0.525 bits per heavy atom. The molecule has 10 nitrogen and oxygen atoms in total. The number of halogens is 1. The molecule has 0 aliphatic heterocycles. The average molecular weight is 740 g/mol. The SMILES string of the molecule is COc1ccnc(-c2cc(OC)ccn2)c1.COc1ccnc(-c2cc(OC)ccn2)c1.Cn1ccnc1.[Cl-].[Os+4]. The molecule has 0 atom stereocenters. The van der Waals surface area contributed by atoms with Gasteiger partial charge in [-0.15, -0.1) is 0 Å². The van der Waals surface area contributed by atoms with E-state index in [9.17, 15) is 0 Å². The standard InChI is InChI=1S/2C12H12N2O2.C4H6N2.ClH.Os/c2*1-15-9-3-5-13-11(7-9)12-8-10(16-2)4-6-14-12;1-6-3-2-5-4-6;;/h2*3-8H,1-2H3;2-4H,1H3;1H;/q;;;;+4/p-1. The molecule has 0 aliphatic carbocycles. The van der Waals surface area contributed by atoms with Gasteiger partial charge >= 0.3 is 19.8 Å². The molecule has 0 saturated carbocycles. The largest absolute Gasteiger partial charge is 4.00 e. The van der Waals surface area contributed by atoms with Gasteiger partial charge in [-0.05, 0) is 24.3 Å². The van der Waals surface area contributed by atoms with Crippen molar-refractivity contribution in [2.45, 2.75) is 0 Å². The Labute approximate surface area is 253 Å². The fourth-order valence-electron chi connectivity index (χ4n) is 3.04. The zero-order chi connectivity index (χ0) is 27.2. The number of nitrogens with zero attached hydrogens (tertiary/aromatic N) is 6. The van der Waals surface area contributed by atoms with E-state index in [0.717, 1.165) is 45.8 Å². The van der Waals surface area contributed by atoms with Gasteiger partial charge in [0.25, 0.3) is 0 Å². The van der Waals surface area contributed by atoms with Gasteiger partial charge in [-0.2, -0.15) is 0 Å². The van der Waals surface area contributed by atoms with Crippen molar-refractivity contribution in [1.82, 2.24) is 29.5 Å². The summed E-state index contributed by atoms with van der Waals surface area (Å²) in [5.74, 6) is 3.04. The van der Waals surface area contributed by atoms with Gasteiger partial charge in [0.15, 0.2) is 0 Å². The van der Waals surface area contributed by atoms with E-state index in [1.807, 2.05) is 42.1 Å². The first-order chi connectivity index (χ1) is 18.6. The Morgan fingerprint density at radius 2 is 0.825 bits per heavy atom. The molecular formula is C28H30ClN6O4Os+3. The number of ether oxygens (including phenoxy) is 4. The molecule has 5 aromatic rings. The average Bonchev–Trinajstić information content (AvgIpc) is 3.48. The minimum atomic E-state index is 0. The van der Waals surface area contributed by atoms with Crippen LogP contribution in [0.1, 0.15) is 0 Å². The fraction of sp³-hybridized carbons (Fsp3) is 0.179. The Morgan fingerprint density at radius 3 is 1.00 bits per heavy atom. The van der Waals surface area contributed by atoms with Gasteiger partial charge in [0.1, 0.15) is 23.0 Å². The fourth-order valence-corrected chi connectivity index (χ4v) is 3.04. The van der Waals surface area contributed by atoms with E-state index in [-0.39, 0.29) is 32.2 Å². The van der Waals surface area contributed by atoms with Crippen molar-refractivity contribution in [2.24, 2.45) is 7.05 Å². The molecule has 208 valence electrons. The maximum Gasteiger partial charge on any atom is 4.00 e. The van der Waals surface area contributed by atoms with Crippen molar-refractivity contribution in [1.29, 1.82) is 0 Å². The predicted octanol–water partition coefficient (Wildman–Crippen LogP) is 1.74. The quantitative estimate of drug-likeness (QED) is 0.258. The number of aryl methyl sites for hydroxylation is 1. The van der Waals surface area contributed by atoms with Crippen LogP contribution in [0, 0.1) is 0 Å². The molecule has 40 heavy (non-hydrogen) atoms. The molecule has 0 N–H and O–H groups in total. The Kier molecular flexibility index (Phi) is 15.5. The topological polar surface area (TPSA) is 106 Å². The van der Waals surface area contributed by atoms with E-state index in [4.69, 9.17) is 18.9 Å². The summed E-state index contributed by atoms with van der Waals surface area (Å²) in [6, 6.07) is 14.5. The molecule has 5 rings (SSSR count). The molecule has 12 heteroatoms. The Bertz CT molecular complexity index is 1230. The third-order valence-electron chi connectivity index (χ3n) is 5.03. The summed E-state index contributed by atoms with van der Waals surface area (Å²) in [4.78, 5) is 20.7. The summed E-state index contributed by atoms with van der Waals surface area (Å²) in [5.41, 5.74) is 3.05. The molecule has 0 bridgehead atoms. The molecule has 0 unspecified atom stereocenters. The second kappa shape index (κ2) is 18.3. The van der Waals surface area contributed by atoms with Crippen molar-refractivity contribution in [3.63, 3.8) is 0 Å². The zero-order valence-corrected chi connectivity index (χ0v) is 26.0. The maximum absolute atomic E-state index is 5.13. The smallest absolute Gasteiger partial charge is 1.00 e. The minimum absolute atomic E-state index is 0. The van der Waals surface area contributed by atoms with Crippen molar-refractivity contribution in [2.75, 3.05) is 28.4 Å². The number of rotatable bonds is 6. The normalized spacial score (nSPS) is 9.22. The predicted molar refractivity (Wildman–Crippen MR) is 144 cm³/mol. The number of imidazole rings is 1. The van der Waals surface area contributed by atoms with Crippen molar-refractivity contribution in [3.8, 4) is 45.8 Å². The van der Waals surface area contributed by atoms with Gasteiger partial charge in [0, 0.05) is 68.5 Å². The second-order valence-electron chi connectivity index (χ2n) is 7.55. The monoisotopic (exact) mass is 741 g/mol. The first-order valence-electron chi connectivity index (χ1n) is 11.5. The molecule has 0 saturated heterocycles. The van der Waals surface area contributed by atoms with E-state index in [0.29, 0.717) is 0 Å². The van der Waals surface area contributed by atoms with E-state index in [1.54, 1.807) is 90.0 Å². The van der Waals surface area contributed by atoms with Gasteiger partial charge in [-0.3, -0.25) is 19.9 Å². The van der Waals surface area contributed by atoms with Gasteiger partial charge < -0.3 is 35.9 Å². The van der Waals surface area contributed by atoms with Gasteiger partial charge in [-0.1, -0.05) is 0 Å². The van der Waals surface area contributed by atoms with Crippen LogP contribution < -0.4 is 31.4 Å². The second-order valence-corrected chi connectivity index (χ2v) is 7.55. The van der Waals surface area contributed by atoms with Crippen molar-refractivity contribution >= 4 is 0 Å². The minimum Gasteiger partial charge on any atom is -1.00 e. The van der Waals surface area contributed by atoms with Crippen LogP contribution >= 0.6 is 0 Å². The number of aromatic nitrogens is 6. The van der Waals surface area contributed by atoms with Gasteiger partial charge in [0.05, 0.1) is 57.5 Å². The van der Waals surface area contributed by atoms with Crippen LogP contribution in [0.25, 0.3) is 22.8 Å². The number of hydrogen-bond acceptors (Lipinski definition) is 9. The first kappa shape index (κ1) is 34.0. The number of hydrogen-bond donors (Lipinski definition) is 0. The zero-order valence-electron chi connectivity index (χ0n) is 22.7. The summed E-state index contributed by atoms with van der Waals surface area (Å²) in [6.07, 6.45) is 12.1. The van der Waals surface area contributed by atoms with Crippen LogP contribution in [0.4, 0.5) is 0 Å². The molecule has 0 aromatic carbocycles.